The van der Waals surface area contributed by atoms with Gasteiger partial charge >= 0.3 is 0 Å². The molecule has 0 bridgehead atoms. The van der Waals surface area contributed by atoms with Crippen LogP contribution in [0.3, 0.4) is 0 Å². The Morgan fingerprint density at radius 3 is 2.65 bits per heavy atom. The lowest BCUT2D eigenvalue weighted by molar-refractivity contribution is 1.13. The second-order valence-corrected chi connectivity index (χ2v) is 5.94. The van der Waals surface area contributed by atoms with E-state index in [0.29, 0.717) is 5.02 Å². The number of hydrogen-bond acceptors (Lipinski definition) is 4. The molecule has 0 radical (unpaired) electrons. The summed E-state index contributed by atoms with van der Waals surface area (Å²) in [5.41, 5.74) is 7.71. The summed E-state index contributed by atoms with van der Waals surface area (Å²) in [7, 11) is 0. The van der Waals surface area contributed by atoms with Gasteiger partial charge in [-0.05, 0) is 37.3 Å². The fraction of sp³-hybridized carbons (Fsp3) is 0.0667. The lowest BCUT2D eigenvalue weighted by atomic mass is 10.1. The first-order valence-corrected chi connectivity index (χ1v) is 7.27. The number of rotatable bonds is 2. The minimum absolute atomic E-state index is 0.636. The molecule has 0 aliphatic rings. The average Bonchev–Trinajstić information content (AvgIpc) is 2.44. The fourth-order valence-electron chi connectivity index (χ4n) is 1.96. The van der Waals surface area contributed by atoms with Crippen LogP contribution >= 0.6 is 23.4 Å². The van der Waals surface area contributed by atoms with Gasteiger partial charge in [0.25, 0.3) is 0 Å². The fourth-order valence-corrected chi connectivity index (χ4v) is 2.96. The Kier molecular flexibility index (Phi) is 3.51. The molecule has 0 aliphatic carbocycles. The van der Waals surface area contributed by atoms with Crippen LogP contribution < -0.4 is 5.73 Å². The largest absolute Gasteiger partial charge is 0.398 e. The Labute approximate surface area is 126 Å². The van der Waals surface area contributed by atoms with Crippen molar-refractivity contribution in [1.29, 1.82) is 0 Å². The molecule has 0 unspecified atom stereocenters. The maximum absolute atomic E-state index is 6.01. The quantitative estimate of drug-likeness (QED) is 0.716. The van der Waals surface area contributed by atoms with Crippen molar-refractivity contribution in [3.63, 3.8) is 0 Å². The standard InChI is InChI=1S/C15H12ClN3S/c1-9-6-11-12(8-18-9)13(17)3-4-14(11)20-15-5-2-10(16)7-19-15/h2-8H,17H2,1H3. The number of nitrogens with zero attached hydrogens (tertiary/aromatic N) is 2. The number of pyridine rings is 2. The van der Waals surface area contributed by atoms with Gasteiger partial charge in [-0.2, -0.15) is 0 Å². The molecule has 0 amide bonds. The van der Waals surface area contributed by atoms with E-state index in [-0.39, 0.29) is 0 Å². The van der Waals surface area contributed by atoms with Crippen molar-refractivity contribution < 1.29 is 0 Å². The highest BCUT2D eigenvalue weighted by Gasteiger charge is 2.07. The smallest absolute Gasteiger partial charge is 0.101 e. The van der Waals surface area contributed by atoms with Crippen molar-refractivity contribution in [2.45, 2.75) is 16.8 Å². The van der Waals surface area contributed by atoms with Gasteiger partial charge in [0.15, 0.2) is 0 Å². The Morgan fingerprint density at radius 2 is 1.90 bits per heavy atom. The van der Waals surface area contributed by atoms with Crippen molar-refractivity contribution in [1.82, 2.24) is 9.97 Å². The molecular formula is C15H12ClN3S. The Morgan fingerprint density at radius 1 is 1.05 bits per heavy atom. The van der Waals surface area contributed by atoms with E-state index >= 15 is 0 Å². The topological polar surface area (TPSA) is 51.8 Å². The van der Waals surface area contributed by atoms with Crippen molar-refractivity contribution in [3.8, 4) is 0 Å². The molecule has 0 fully saturated rings. The lowest BCUT2D eigenvalue weighted by Gasteiger charge is -2.08. The summed E-state index contributed by atoms with van der Waals surface area (Å²) in [5.74, 6) is 0. The van der Waals surface area contributed by atoms with Crippen LogP contribution in [0.25, 0.3) is 10.8 Å². The van der Waals surface area contributed by atoms with Crippen molar-refractivity contribution in [2.75, 3.05) is 5.73 Å². The van der Waals surface area contributed by atoms with E-state index in [2.05, 4.69) is 9.97 Å². The zero-order valence-corrected chi connectivity index (χ0v) is 12.4. The highest BCUT2D eigenvalue weighted by molar-refractivity contribution is 7.99. The zero-order valence-electron chi connectivity index (χ0n) is 10.8. The van der Waals surface area contributed by atoms with Gasteiger partial charge in [-0.25, -0.2) is 4.98 Å². The van der Waals surface area contributed by atoms with Crippen LogP contribution in [0.4, 0.5) is 5.69 Å². The molecule has 2 aromatic heterocycles. The van der Waals surface area contributed by atoms with E-state index < -0.39 is 0 Å². The molecule has 3 aromatic rings. The van der Waals surface area contributed by atoms with Gasteiger partial charge in [0.2, 0.25) is 0 Å². The molecule has 5 heteroatoms. The first kappa shape index (κ1) is 13.2. The van der Waals surface area contributed by atoms with Gasteiger partial charge in [0.05, 0.1) is 5.02 Å². The minimum Gasteiger partial charge on any atom is -0.398 e. The van der Waals surface area contributed by atoms with Gasteiger partial charge in [0, 0.05) is 39.4 Å². The maximum Gasteiger partial charge on any atom is 0.101 e. The number of aromatic nitrogens is 2. The predicted molar refractivity (Wildman–Crippen MR) is 84.3 cm³/mol. The summed E-state index contributed by atoms with van der Waals surface area (Å²) in [6.45, 7) is 1.97. The van der Waals surface area contributed by atoms with Gasteiger partial charge in [-0.1, -0.05) is 23.4 Å². The molecule has 20 heavy (non-hydrogen) atoms. The minimum atomic E-state index is 0.636. The summed E-state index contributed by atoms with van der Waals surface area (Å²) in [4.78, 5) is 9.72. The summed E-state index contributed by atoms with van der Waals surface area (Å²) < 4.78 is 0. The average molecular weight is 302 g/mol. The number of nitrogens with two attached hydrogens (primary N) is 1. The van der Waals surface area contributed by atoms with Crippen LogP contribution in [0.1, 0.15) is 5.69 Å². The third-order valence-corrected chi connectivity index (χ3v) is 4.20. The summed E-state index contributed by atoms with van der Waals surface area (Å²) >= 11 is 7.44. The van der Waals surface area contributed by atoms with Crippen LogP contribution in [-0.2, 0) is 0 Å². The van der Waals surface area contributed by atoms with E-state index in [9.17, 15) is 0 Å². The second kappa shape index (κ2) is 5.31. The highest BCUT2D eigenvalue weighted by Crippen LogP contribution is 2.35. The predicted octanol–water partition coefficient (Wildman–Crippen LogP) is 4.33. The van der Waals surface area contributed by atoms with E-state index in [1.54, 1.807) is 18.0 Å². The van der Waals surface area contributed by atoms with E-state index in [1.807, 2.05) is 43.5 Å². The monoisotopic (exact) mass is 301 g/mol. The lowest BCUT2D eigenvalue weighted by Crippen LogP contribution is -1.91. The number of anilines is 1. The molecule has 0 saturated heterocycles. The molecule has 0 aliphatic heterocycles. The third-order valence-electron chi connectivity index (χ3n) is 2.95. The first-order valence-electron chi connectivity index (χ1n) is 6.08. The first-order chi connectivity index (χ1) is 9.63. The number of benzene rings is 1. The van der Waals surface area contributed by atoms with Crippen LogP contribution in [0.2, 0.25) is 5.02 Å². The molecule has 0 saturated carbocycles. The maximum atomic E-state index is 6.01. The molecule has 2 heterocycles. The van der Waals surface area contributed by atoms with Gasteiger partial charge in [0.1, 0.15) is 5.03 Å². The van der Waals surface area contributed by atoms with E-state index in [1.165, 1.54) is 0 Å². The van der Waals surface area contributed by atoms with Gasteiger partial charge < -0.3 is 5.73 Å². The number of fused-ring (bicyclic) bond motifs is 1. The van der Waals surface area contributed by atoms with Crippen LogP contribution in [0, 0.1) is 6.92 Å². The Balaban J connectivity index is 2.09. The number of nitrogen functional groups attached to an aromatic ring is 1. The zero-order chi connectivity index (χ0) is 14.1. The molecule has 3 rings (SSSR count). The van der Waals surface area contributed by atoms with Crippen molar-refractivity contribution >= 4 is 39.8 Å². The van der Waals surface area contributed by atoms with Crippen molar-refractivity contribution in [2.24, 2.45) is 0 Å². The molecule has 0 spiro atoms. The Bertz CT molecular complexity index is 772. The summed E-state index contributed by atoms with van der Waals surface area (Å²) in [5, 5.41) is 3.60. The third kappa shape index (κ3) is 2.57. The SMILES string of the molecule is Cc1cc2c(Sc3ccc(Cl)cn3)ccc(N)c2cn1. The number of hydrogen-bond donors (Lipinski definition) is 1. The normalized spacial score (nSPS) is 10.9. The molecule has 2 N–H and O–H groups in total. The van der Waals surface area contributed by atoms with E-state index in [4.69, 9.17) is 17.3 Å². The summed E-state index contributed by atoms with van der Waals surface area (Å²) in [6, 6.07) is 9.70. The van der Waals surface area contributed by atoms with Gasteiger partial charge in [-0.3, -0.25) is 4.98 Å². The van der Waals surface area contributed by atoms with Crippen LogP contribution in [0.15, 0.2) is 52.6 Å². The molecule has 100 valence electrons. The molecule has 3 nitrogen and oxygen atoms in total. The molecule has 0 atom stereocenters. The highest BCUT2D eigenvalue weighted by atomic mass is 35.5. The van der Waals surface area contributed by atoms with E-state index in [0.717, 1.165) is 32.1 Å². The number of aryl methyl sites for hydroxylation is 1. The molecule has 1 aromatic carbocycles. The van der Waals surface area contributed by atoms with Crippen molar-refractivity contribution in [3.05, 3.63) is 53.4 Å². The molecular weight excluding hydrogens is 290 g/mol. The second-order valence-electron chi connectivity index (χ2n) is 4.44. The van der Waals surface area contributed by atoms with Crippen LogP contribution in [0.5, 0.6) is 0 Å². The van der Waals surface area contributed by atoms with Gasteiger partial charge in [-0.15, -0.1) is 0 Å². The Hall–Kier alpha value is -1.78. The summed E-state index contributed by atoms with van der Waals surface area (Å²) in [6.07, 6.45) is 3.47. The van der Waals surface area contributed by atoms with Crippen LogP contribution in [-0.4, -0.2) is 9.97 Å². The number of halogens is 1.